The van der Waals surface area contributed by atoms with Crippen molar-refractivity contribution >= 4 is 17.7 Å². The van der Waals surface area contributed by atoms with Crippen molar-refractivity contribution in [3.63, 3.8) is 0 Å². The smallest absolute Gasteiger partial charge is 0.152 e. The van der Waals surface area contributed by atoms with Gasteiger partial charge in [-0.05, 0) is 24.6 Å². The molecule has 0 radical (unpaired) electrons. The van der Waals surface area contributed by atoms with Gasteiger partial charge in [-0.1, -0.05) is 0 Å². The van der Waals surface area contributed by atoms with Gasteiger partial charge in [0.2, 0.25) is 0 Å². The Morgan fingerprint density at radius 1 is 1.27 bits per heavy atom. The molecule has 0 aliphatic rings. The maximum Gasteiger partial charge on any atom is 0.152 e. The van der Waals surface area contributed by atoms with Gasteiger partial charge in [0.25, 0.3) is 0 Å². The van der Waals surface area contributed by atoms with E-state index in [1.807, 2.05) is 0 Å². The van der Waals surface area contributed by atoms with Crippen LogP contribution in [0.4, 0.5) is 11.4 Å². The minimum atomic E-state index is 0.478. The minimum Gasteiger partial charge on any atom is -0.398 e. The van der Waals surface area contributed by atoms with Crippen LogP contribution in [0.15, 0.2) is 12.1 Å². The number of anilines is 2. The van der Waals surface area contributed by atoms with Gasteiger partial charge < -0.3 is 11.5 Å². The molecule has 0 bridgehead atoms. The first-order valence-electron chi connectivity index (χ1n) is 3.26. The molecule has 0 heterocycles. The summed E-state index contributed by atoms with van der Waals surface area (Å²) in [5.41, 5.74) is 13.4. The molecule has 0 aliphatic heterocycles. The molecular weight excluding hydrogens is 140 g/mol. The first-order chi connectivity index (χ1) is 5.16. The molecule has 0 unspecified atom stereocenters. The number of carbonyl (C=O) groups is 1. The molecule has 1 rings (SSSR count). The molecule has 11 heavy (non-hydrogen) atoms. The third-order valence-corrected chi connectivity index (χ3v) is 1.71. The zero-order chi connectivity index (χ0) is 8.43. The van der Waals surface area contributed by atoms with Gasteiger partial charge in [0.15, 0.2) is 6.29 Å². The third-order valence-electron chi connectivity index (χ3n) is 1.71. The Labute approximate surface area is 65.0 Å². The van der Waals surface area contributed by atoms with Crippen LogP contribution in [-0.2, 0) is 0 Å². The largest absolute Gasteiger partial charge is 0.398 e. The number of hydrogen-bond acceptors (Lipinski definition) is 3. The Kier molecular flexibility index (Phi) is 1.81. The van der Waals surface area contributed by atoms with Crippen molar-refractivity contribution < 1.29 is 4.79 Å². The summed E-state index contributed by atoms with van der Waals surface area (Å²) in [6.07, 6.45) is 0.723. The maximum atomic E-state index is 10.5. The SMILES string of the molecule is Cc1c(N)ccc(N)c1C=O. The highest BCUT2D eigenvalue weighted by atomic mass is 16.1. The van der Waals surface area contributed by atoms with Crippen LogP contribution in [0.1, 0.15) is 15.9 Å². The van der Waals surface area contributed by atoms with Crippen molar-refractivity contribution in [1.82, 2.24) is 0 Å². The Morgan fingerprint density at radius 2 is 1.82 bits per heavy atom. The summed E-state index contributed by atoms with van der Waals surface area (Å²) in [5.74, 6) is 0. The molecule has 0 spiro atoms. The van der Waals surface area contributed by atoms with E-state index in [2.05, 4.69) is 0 Å². The van der Waals surface area contributed by atoms with Crippen molar-refractivity contribution in [1.29, 1.82) is 0 Å². The summed E-state index contributed by atoms with van der Waals surface area (Å²) in [7, 11) is 0. The van der Waals surface area contributed by atoms with Crippen molar-refractivity contribution in [3.05, 3.63) is 23.3 Å². The molecular formula is C8H10N2O. The number of carbonyl (C=O) groups excluding carboxylic acids is 1. The average molecular weight is 150 g/mol. The zero-order valence-electron chi connectivity index (χ0n) is 6.29. The molecule has 3 nitrogen and oxygen atoms in total. The van der Waals surface area contributed by atoms with E-state index in [1.165, 1.54) is 0 Å². The fraction of sp³-hybridized carbons (Fsp3) is 0.125. The second-order valence-corrected chi connectivity index (χ2v) is 2.40. The van der Waals surface area contributed by atoms with Gasteiger partial charge in [0, 0.05) is 16.9 Å². The lowest BCUT2D eigenvalue weighted by Crippen LogP contribution is -1.99. The number of hydrogen-bond donors (Lipinski definition) is 2. The number of nitrogens with two attached hydrogens (primary N) is 2. The topological polar surface area (TPSA) is 69.1 Å². The summed E-state index contributed by atoms with van der Waals surface area (Å²) >= 11 is 0. The number of rotatable bonds is 1. The molecule has 0 aliphatic carbocycles. The normalized spacial score (nSPS) is 9.55. The lowest BCUT2D eigenvalue weighted by molar-refractivity contribution is 0.112. The lowest BCUT2D eigenvalue weighted by Gasteiger charge is -2.04. The summed E-state index contributed by atoms with van der Waals surface area (Å²) in [5, 5.41) is 0. The van der Waals surface area contributed by atoms with E-state index in [9.17, 15) is 4.79 Å². The van der Waals surface area contributed by atoms with Crippen LogP contribution < -0.4 is 11.5 Å². The summed E-state index contributed by atoms with van der Waals surface area (Å²) in [4.78, 5) is 10.5. The van der Waals surface area contributed by atoms with Gasteiger partial charge in [-0.15, -0.1) is 0 Å². The van der Waals surface area contributed by atoms with Crippen LogP contribution in [0.25, 0.3) is 0 Å². The molecule has 1 aromatic rings. The zero-order valence-corrected chi connectivity index (χ0v) is 6.29. The minimum absolute atomic E-state index is 0.478. The van der Waals surface area contributed by atoms with E-state index < -0.39 is 0 Å². The molecule has 0 atom stereocenters. The van der Waals surface area contributed by atoms with E-state index in [0.29, 0.717) is 16.9 Å². The Bertz CT molecular complexity index is 294. The van der Waals surface area contributed by atoms with Crippen molar-refractivity contribution in [3.8, 4) is 0 Å². The summed E-state index contributed by atoms with van der Waals surface area (Å²) < 4.78 is 0. The van der Waals surface area contributed by atoms with Crippen molar-refractivity contribution in [2.75, 3.05) is 11.5 Å². The predicted octanol–water partition coefficient (Wildman–Crippen LogP) is 0.972. The van der Waals surface area contributed by atoms with Crippen LogP contribution in [0.2, 0.25) is 0 Å². The van der Waals surface area contributed by atoms with Gasteiger partial charge in [0.05, 0.1) is 0 Å². The second-order valence-electron chi connectivity index (χ2n) is 2.40. The molecule has 4 N–H and O–H groups in total. The highest BCUT2D eigenvalue weighted by Crippen LogP contribution is 2.19. The number of aldehydes is 1. The highest BCUT2D eigenvalue weighted by molar-refractivity contribution is 5.87. The average Bonchev–Trinajstić information content (AvgIpc) is 1.99. The van der Waals surface area contributed by atoms with E-state index in [4.69, 9.17) is 11.5 Å². The molecule has 58 valence electrons. The van der Waals surface area contributed by atoms with Crippen LogP contribution in [0.3, 0.4) is 0 Å². The quantitative estimate of drug-likeness (QED) is 0.463. The van der Waals surface area contributed by atoms with Gasteiger partial charge in [-0.2, -0.15) is 0 Å². The second kappa shape index (κ2) is 2.62. The molecule has 0 saturated heterocycles. The fourth-order valence-electron chi connectivity index (χ4n) is 0.923. The van der Waals surface area contributed by atoms with E-state index in [-0.39, 0.29) is 0 Å². The number of benzene rings is 1. The third kappa shape index (κ3) is 1.17. The number of nitrogen functional groups attached to an aromatic ring is 2. The molecule has 3 heteroatoms. The first-order valence-corrected chi connectivity index (χ1v) is 3.26. The standard InChI is InChI=1S/C8H10N2O/c1-5-6(4-11)8(10)3-2-7(5)9/h2-4H,9-10H2,1H3. The molecule has 0 amide bonds. The molecule has 1 aromatic carbocycles. The Morgan fingerprint density at radius 3 is 2.27 bits per heavy atom. The molecule has 0 fully saturated rings. The summed E-state index contributed by atoms with van der Waals surface area (Å²) in [6, 6.07) is 3.32. The van der Waals surface area contributed by atoms with Gasteiger partial charge in [0.1, 0.15) is 0 Å². The predicted molar refractivity (Wildman–Crippen MR) is 45.4 cm³/mol. The fourth-order valence-corrected chi connectivity index (χ4v) is 0.923. The van der Waals surface area contributed by atoms with Gasteiger partial charge >= 0.3 is 0 Å². The molecule has 0 aromatic heterocycles. The Balaban J connectivity index is 3.40. The van der Waals surface area contributed by atoms with Crippen molar-refractivity contribution in [2.24, 2.45) is 0 Å². The van der Waals surface area contributed by atoms with Crippen LogP contribution in [0, 0.1) is 6.92 Å². The van der Waals surface area contributed by atoms with Crippen LogP contribution in [-0.4, -0.2) is 6.29 Å². The van der Waals surface area contributed by atoms with E-state index >= 15 is 0 Å². The first kappa shape index (κ1) is 7.60. The monoisotopic (exact) mass is 150 g/mol. The van der Waals surface area contributed by atoms with Crippen molar-refractivity contribution in [2.45, 2.75) is 6.92 Å². The van der Waals surface area contributed by atoms with Gasteiger partial charge in [-0.25, -0.2) is 0 Å². The lowest BCUT2D eigenvalue weighted by atomic mass is 10.1. The van der Waals surface area contributed by atoms with Crippen LogP contribution in [0.5, 0.6) is 0 Å². The van der Waals surface area contributed by atoms with Gasteiger partial charge in [-0.3, -0.25) is 4.79 Å². The maximum absolute atomic E-state index is 10.5. The highest BCUT2D eigenvalue weighted by Gasteiger charge is 2.03. The van der Waals surface area contributed by atoms with E-state index in [1.54, 1.807) is 19.1 Å². The van der Waals surface area contributed by atoms with E-state index in [0.717, 1.165) is 11.8 Å². The Hall–Kier alpha value is -1.51. The van der Waals surface area contributed by atoms with Crippen LogP contribution >= 0.6 is 0 Å². The summed E-state index contributed by atoms with van der Waals surface area (Å²) in [6.45, 7) is 1.77. The molecule has 0 saturated carbocycles.